The summed E-state index contributed by atoms with van der Waals surface area (Å²) in [6, 6.07) is 5.05. The first-order valence-electron chi connectivity index (χ1n) is 3.65. The maximum absolute atomic E-state index is 11.8. The molecule has 1 N–H and O–H groups in total. The van der Waals surface area contributed by atoms with E-state index in [1.165, 1.54) is 12.1 Å². The Balaban J connectivity index is 2.53. The number of hydrogen-bond acceptors (Lipinski definition) is 2. The fourth-order valence-electron chi connectivity index (χ4n) is 0.905. The van der Waals surface area contributed by atoms with Crippen molar-refractivity contribution < 1.29 is 14.3 Å². The summed E-state index contributed by atoms with van der Waals surface area (Å²) in [6.45, 7) is 0. The zero-order valence-electron chi connectivity index (χ0n) is 6.46. The van der Waals surface area contributed by atoms with E-state index in [9.17, 15) is 9.18 Å². The molecule has 0 bridgehead atoms. The summed E-state index contributed by atoms with van der Waals surface area (Å²) < 4.78 is 11.8. The van der Waals surface area contributed by atoms with Gasteiger partial charge in [0.15, 0.2) is 0 Å². The van der Waals surface area contributed by atoms with Crippen LogP contribution in [-0.2, 0) is 11.2 Å². The van der Waals surface area contributed by atoms with Crippen LogP contribution in [0.15, 0.2) is 24.3 Å². The highest BCUT2D eigenvalue weighted by Gasteiger charge is 1.99. The average molecular weight is 168 g/mol. The predicted octanol–water partition coefficient (Wildman–Crippen LogP) is 1.82. The SMILES string of the molecule is O=C(F)CCc1ccc(O)cc1. The van der Waals surface area contributed by atoms with Crippen LogP contribution in [0.3, 0.4) is 0 Å². The molecule has 0 aromatic heterocycles. The molecule has 1 aromatic carbocycles. The lowest BCUT2D eigenvalue weighted by atomic mass is 10.1. The minimum absolute atomic E-state index is 0.0925. The van der Waals surface area contributed by atoms with Crippen LogP contribution < -0.4 is 0 Å². The molecule has 0 radical (unpaired) electrons. The second-order valence-corrected chi connectivity index (χ2v) is 2.52. The largest absolute Gasteiger partial charge is 0.508 e. The van der Waals surface area contributed by atoms with Gasteiger partial charge in [-0.2, -0.15) is 4.39 Å². The average Bonchev–Trinajstić information content (AvgIpc) is 2.03. The van der Waals surface area contributed by atoms with E-state index in [-0.39, 0.29) is 12.2 Å². The predicted molar refractivity (Wildman–Crippen MR) is 42.5 cm³/mol. The number of halogens is 1. The third kappa shape index (κ3) is 2.70. The molecule has 0 heterocycles. The zero-order chi connectivity index (χ0) is 8.97. The van der Waals surface area contributed by atoms with E-state index in [1.807, 2.05) is 0 Å². The Morgan fingerprint density at radius 1 is 1.33 bits per heavy atom. The van der Waals surface area contributed by atoms with Crippen LogP contribution in [-0.4, -0.2) is 11.1 Å². The molecule has 0 atom stereocenters. The first kappa shape index (κ1) is 8.71. The Bertz CT molecular complexity index is 266. The van der Waals surface area contributed by atoms with Crippen molar-refractivity contribution >= 4 is 6.04 Å². The summed E-state index contributed by atoms with van der Waals surface area (Å²) in [7, 11) is 0. The lowest BCUT2D eigenvalue weighted by molar-refractivity contribution is -0.129. The van der Waals surface area contributed by atoms with E-state index in [0.717, 1.165) is 5.56 Å². The van der Waals surface area contributed by atoms with E-state index >= 15 is 0 Å². The van der Waals surface area contributed by atoms with Crippen LogP contribution in [0.4, 0.5) is 4.39 Å². The highest BCUT2D eigenvalue weighted by atomic mass is 19.1. The van der Waals surface area contributed by atoms with Gasteiger partial charge in [-0.3, -0.25) is 4.79 Å². The molecule has 0 fully saturated rings. The highest BCUT2D eigenvalue weighted by Crippen LogP contribution is 2.11. The van der Waals surface area contributed by atoms with E-state index in [2.05, 4.69) is 0 Å². The molecule has 0 amide bonds. The van der Waals surface area contributed by atoms with Crippen molar-refractivity contribution in [2.45, 2.75) is 12.8 Å². The molecule has 0 aliphatic rings. The van der Waals surface area contributed by atoms with Gasteiger partial charge in [0.05, 0.1) is 0 Å². The summed E-state index contributed by atoms with van der Waals surface area (Å²) in [5, 5.41) is 8.89. The summed E-state index contributed by atoms with van der Waals surface area (Å²) in [5.41, 5.74) is 0.846. The monoisotopic (exact) mass is 168 g/mol. The lowest BCUT2D eigenvalue weighted by Crippen LogP contribution is -1.91. The van der Waals surface area contributed by atoms with Crippen LogP contribution in [0.25, 0.3) is 0 Å². The van der Waals surface area contributed by atoms with Crippen LogP contribution in [0.1, 0.15) is 12.0 Å². The Kier molecular flexibility index (Phi) is 2.80. The van der Waals surface area contributed by atoms with E-state index in [1.54, 1.807) is 12.1 Å². The van der Waals surface area contributed by atoms with E-state index < -0.39 is 6.04 Å². The lowest BCUT2D eigenvalue weighted by Gasteiger charge is -1.97. The Morgan fingerprint density at radius 3 is 2.42 bits per heavy atom. The Hall–Kier alpha value is -1.38. The van der Waals surface area contributed by atoms with Crippen molar-refractivity contribution in [2.24, 2.45) is 0 Å². The van der Waals surface area contributed by atoms with Gasteiger partial charge in [-0.05, 0) is 24.1 Å². The molecule has 3 heteroatoms. The first-order chi connectivity index (χ1) is 5.68. The van der Waals surface area contributed by atoms with Crippen molar-refractivity contribution in [2.75, 3.05) is 0 Å². The number of aromatic hydroxyl groups is 1. The number of phenols is 1. The molecule has 0 aliphatic carbocycles. The summed E-state index contributed by atoms with van der Waals surface area (Å²) >= 11 is 0. The molecule has 0 spiro atoms. The minimum atomic E-state index is -1.30. The van der Waals surface area contributed by atoms with E-state index in [0.29, 0.717) is 6.42 Å². The van der Waals surface area contributed by atoms with Crippen molar-refractivity contribution in [3.05, 3.63) is 29.8 Å². The minimum Gasteiger partial charge on any atom is -0.508 e. The zero-order valence-corrected chi connectivity index (χ0v) is 6.46. The molecule has 1 aromatic rings. The van der Waals surface area contributed by atoms with Gasteiger partial charge in [-0.1, -0.05) is 12.1 Å². The van der Waals surface area contributed by atoms with Crippen LogP contribution in [0, 0.1) is 0 Å². The van der Waals surface area contributed by atoms with Gasteiger partial charge in [0, 0.05) is 6.42 Å². The molecule has 2 nitrogen and oxygen atoms in total. The van der Waals surface area contributed by atoms with Crippen molar-refractivity contribution in [1.29, 1.82) is 0 Å². The van der Waals surface area contributed by atoms with Gasteiger partial charge < -0.3 is 5.11 Å². The van der Waals surface area contributed by atoms with Gasteiger partial charge in [0.2, 0.25) is 0 Å². The number of aryl methyl sites for hydroxylation is 1. The Morgan fingerprint density at radius 2 is 1.92 bits per heavy atom. The van der Waals surface area contributed by atoms with Crippen molar-refractivity contribution in [1.82, 2.24) is 0 Å². The van der Waals surface area contributed by atoms with Gasteiger partial charge in [-0.15, -0.1) is 0 Å². The number of hydrogen-bond donors (Lipinski definition) is 1. The van der Waals surface area contributed by atoms with E-state index in [4.69, 9.17) is 5.11 Å². The molecule has 64 valence electrons. The first-order valence-corrected chi connectivity index (χ1v) is 3.65. The van der Waals surface area contributed by atoms with Gasteiger partial charge in [0.1, 0.15) is 5.75 Å². The third-order valence-electron chi connectivity index (χ3n) is 1.55. The van der Waals surface area contributed by atoms with Crippen molar-refractivity contribution in [3.63, 3.8) is 0 Å². The maximum Gasteiger partial charge on any atom is 0.301 e. The standard InChI is InChI=1S/C9H9FO2/c10-9(12)6-3-7-1-4-8(11)5-2-7/h1-2,4-5,11H,3,6H2. The third-order valence-corrected chi connectivity index (χ3v) is 1.55. The van der Waals surface area contributed by atoms with Crippen LogP contribution >= 0.6 is 0 Å². The highest BCUT2D eigenvalue weighted by molar-refractivity contribution is 5.68. The molecule has 0 aliphatic heterocycles. The van der Waals surface area contributed by atoms with Crippen LogP contribution in [0.2, 0.25) is 0 Å². The number of carbonyl (C=O) groups is 1. The summed E-state index contributed by atoms with van der Waals surface area (Å²) in [6.07, 6.45) is 0.292. The summed E-state index contributed by atoms with van der Waals surface area (Å²) in [5.74, 6) is 0.172. The second kappa shape index (κ2) is 3.85. The molecule has 1 rings (SSSR count). The second-order valence-electron chi connectivity index (χ2n) is 2.52. The quantitative estimate of drug-likeness (QED) is 0.699. The number of benzene rings is 1. The Labute approximate surface area is 69.6 Å². The molecule has 12 heavy (non-hydrogen) atoms. The fourth-order valence-corrected chi connectivity index (χ4v) is 0.905. The fraction of sp³-hybridized carbons (Fsp3) is 0.222. The molecular formula is C9H9FO2. The van der Waals surface area contributed by atoms with Gasteiger partial charge in [0.25, 0.3) is 0 Å². The number of rotatable bonds is 3. The normalized spacial score (nSPS) is 9.75. The number of phenolic OH excluding ortho intramolecular Hbond substituents is 1. The maximum atomic E-state index is 11.8. The number of carbonyl (C=O) groups excluding carboxylic acids is 1. The molecule has 0 saturated heterocycles. The van der Waals surface area contributed by atoms with Crippen molar-refractivity contribution in [3.8, 4) is 5.75 Å². The smallest absolute Gasteiger partial charge is 0.301 e. The van der Waals surface area contributed by atoms with Gasteiger partial charge in [-0.25, -0.2) is 0 Å². The summed E-state index contributed by atoms with van der Waals surface area (Å²) in [4.78, 5) is 9.97. The topological polar surface area (TPSA) is 37.3 Å². The molecule has 0 unspecified atom stereocenters. The van der Waals surface area contributed by atoms with Gasteiger partial charge >= 0.3 is 6.04 Å². The molecular weight excluding hydrogens is 159 g/mol. The van der Waals surface area contributed by atoms with Crippen LogP contribution in [0.5, 0.6) is 5.75 Å². The molecule has 0 saturated carbocycles.